The Balaban J connectivity index is 1.45. The number of carbonyl (C=O) groups excluding carboxylic acids is 1. The van der Waals surface area contributed by atoms with Crippen molar-refractivity contribution in [2.45, 2.75) is 51.1 Å². The molecule has 11 heteroatoms. The number of nitrogens with zero attached hydrogens (tertiary/aromatic N) is 5. The van der Waals surface area contributed by atoms with Crippen LogP contribution in [-0.2, 0) is 4.79 Å². The summed E-state index contributed by atoms with van der Waals surface area (Å²) < 4.78 is 19.6. The van der Waals surface area contributed by atoms with Gasteiger partial charge in [-0.15, -0.1) is 0 Å². The first-order chi connectivity index (χ1) is 18.4. The van der Waals surface area contributed by atoms with Crippen LogP contribution in [-0.4, -0.2) is 32.9 Å². The van der Waals surface area contributed by atoms with Crippen molar-refractivity contribution in [3.63, 3.8) is 0 Å². The number of benzene rings is 2. The number of oxazole rings is 1. The Morgan fingerprint density at radius 2 is 2.00 bits per heavy atom. The molecule has 1 saturated carbocycles. The first-order valence-corrected chi connectivity index (χ1v) is 12.5. The number of hydrogen-bond donors (Lipinski definition) is 2. The summed E-state index contributed by atoms with van der Waals surface area (Å²) in [5.74, 6) is -0.742. The Morgan fingerprint density at radius 3 is 2.79 bits per heavy atom. The lowest BCUT2D eigenvalue weighted by Gasteiger charge is -2.45. The quantitative estimate of drug-likeness (QED) is 0.395. The summed E-state index contributed by atoms with van der Waals surface area (Å²) in [6.07, 6.45) is 6.76. The highest BCUT2D eigenvalue weighted by atomic mass is 19.1. The summed E-state index contributed by atoms with van der Waals surface area (Å²) in [5.41, 5.74) is 1.87. The Bertz CT molecular complexity index is 1650. The highest BCUT2D eigenvalue weighted by Gasteiger charge is 2.41. The minimum absolute atomic E-state index is 0.0158. The summed E-state index contributed by atoms with van der Waals surface area (Å²) >= 11 is 0. The number of H-pyrrole nitrogens is 1. The molecular weight excluding hydrogens is 489 g/mol. The molecule has 0 radical (unpaired) electrons. The Labute approximate surface area is 216 Å². The minimum atomic E-state index is -0.747. The van der Waals surface area contributed by atoms with Crippen LogP contribution in [0.15, 0.2) is 51.8 Å². The van der Waals surface area contributed by atoms with Crippen LogP contribution < -0.4 is 20.9 Å². The van der Waals surface area contributed by atoms with Gasteiger partial charge in [-0.3, -0.25) is 14.7 Å². The van der Waals surface area contributed by atoms with Crippen molar-refractivity contribution in [3.05, 3.63) is 64.5 Å². The molecule has 0 saturated heterocycles. The fraction of sp³-hybridized carbons (Fsp3) is 0.296. The van der Waals surface area contributed by atoms with Crippen LogP contribution in [0.2, 0.25) is 0 Å². The summed E-state index contributed by atoms with van der Waals surface area (Å²) in [6, 6.07) is 11.3. The number of nitriles is 1. The van der Waals surface area contributed by atoms with Crippen molar-refractivity contribution in [1.29, 1.82) is 5.26 Å². The molecule has 4 aromatic rings. The maximum absolute atomic E-state index is 14.5. The molecule has 2 aliphatic rings. The Hall–Kier alpha value is -4.72. The molecule has 2 aromatic carbocycles. The number of carbonyl (C=O) groups is 1. The predicted octanol–water partition coefficient (Wildman–Crippen LogP) is 4.87. The van der Waals surface area contributed by atoms with Crippen LogP contribution in [0.5, 0.6) is 0 Å². The Morgan fingerprint density at radius 1 is 1.18 bits per heavy atom. The van der Waals surface area contributed by atoms with E-state index in [1.54, 1.807) is 35.4 Å². The Kier molecular flexibility index (Phi) is 5.79. The molecule has 0 spiro atoms. The van der Waals surface area contributed by atoms with Crippen LogP contribution in [0.25, 0.3) is 11.1 Å². The second-order valence-corrected chi connectivity index (χ2v) is 9.58. The maximum atomic E-state index is 14.5. The van der Waals surface area contributed by atoms with E-state index in [2.05, 4.69) is 26.3 Å². The van der Waals surface area contributed by atoms with Gasteiger partial charge >= 0.3 is 5.76 Å². The van der Waals surface area contributed by atoms with E-state index in [0.717, 1.165) is 32.1 Å². The number of amides is 1. The lowest BCUT2D eigenvalue weighted by Crippen LogP contribution is -2.55. The molecule has 1 atom stereocenters. The number of halogens is 1. The SMILES string of the molecule is C[C@@H]1C(=O)N(c2cccc(C#N)c2)c2cnc(Nc3cc(F)c4[nH]c(=O)oc4c3)nc2N1C1CCCCC1. The van der Waals surface area contributed by atoms with Gasteiger partial charge in [-0.05, 0) is 44.0 Å². The van der Waals surface area contributed by atoms with Crippen LogP contribution in [0.1, 0.15) is 44.6 Å². The minimum Gasteiger partial charge on any atom is -0.408 e. The zero-order valence-electron chi connectivity index (χ0n) is 20.6. The molecule has 2 N–H and O–H groups in total. The van der Waals surface area contributed by atoms with Gasteiger partial charge in [-0.2, -0.15) is 10.2 Å². The monoisotopic (exact) mass is 513 g/mol. The third-order valence-corrected chi connectivity index (χ3v) is 7.17. The zero-order chi connectivity index (χ0) is 26.4. The molecule has 1 aliphatic carbocycles. The number of aromatic amines is 1. The van der Waals surface area contributed by atoms with E-state index in [1.165, 1.54) is 12.1 Å². The fourth-order valence-corrected chi connectivity index (χ4v) is 5.42. The topological polar surface area (TPSA) is 131 Å². The second kappa shape index (κ2) is 9.30. The molecular formula is C27H24FN7O3. The van der Waals surface area contributed by atoms with E-state index >= 15 is 0 Å². The van der Waals surface area contributed by atoms with E-state index in [9.17, 15) is 19.2 Å². The zero-order valence-corrected chi connectivity index (χ0v) is 20.6. The molecule has 3 heterocycles. The van der Waals surface area contributed by atoms with Gasteiger partial charge in [0.2, 0.25) is 5.95 Å². The van der Waals surface area contributed by atoms with Crippen molar-refractivity contribution < 1.29 is 13.6 Å². The lowest BCUT2D eigenvalue weighted by atomic mass is 9.92. The van der Waals surface area contributed by atoms with Crippen molar-refractivity contribution >= 4 is 45.8 Å². The standard InChI is InChI=1S/C27H24FN7O3/c1-15-25(36)35(19-9-5-6-16(10-19)13-29)21-14-30-26(33-24(21)34(15)18-7-3-2-4-8-18)31-17-11-20(28)23-22(12-17)38-27(37)32-23/h5-6,9-12,14-15,18H,2-4,7-8H2,1H3,(H,32,37)(H,30,31,33)/t15-/m1/s1. The molecule has 192 valence electrons. The van der Waals surface area contributed by atoms with E-state index < -0.39 is 17.6 Å². The molecule has 0 bridgehead atoms. The van der Waals surface area contributed by atoms with E-state index in [4.69, 9.17) is 9.40 Å². The van der Waals surface area contributed by atoms with Gasteiger partial charge in [0.25, 0.3) is 5.91 Å². The number of nitrogens with one attached hydrogen (secondary N) is 2. The van der Waals surface area contributed by atoms with Crippen molar-refractivity contribution in [3.8, 4) is 6.07 Å². The van der Waals surface area contributed by atoms with Gasteiger partial charge < -0.3 is 14.6 Å². The number of rotatable bonds is 4. The average molecular weight is 514 g/mol. The van der Waals surface area contributed by atoms with Gasteiger partial charge in [0.05, 0.1) is 23.5 Å². The predicted molar refractivity (Wildman–Crippen MR) is 139 cm³/mol. The highest BCUT2D eigenvalue weighted by Crippen LogP contribution is 2.42. The van der Waals surface area contributed by atoms with E-state index in [0.29, 0.717) is 28.4 Å². The van der Waals surface area contributed by atoms with Crippen LogP contribution in [0, 0.1) is 17.1 Å². The molecule has 1 aliphatic heterocycles. The molecule has 0 unspecified atom stereocenters. The summed E-state index contributed by atoms with van der Waals surface area (Å²) in [6.45, 7) is 1.87. The van der Waals surface area contributed by atoms with Crippen molar-refractivity contribution in [2.75, 3.05) is 15.1 Å². The van der Waals surface area contributed by atoms with Crippen molar-refractivity contribution in [1.82, 2.24) is 15.0 Å². The average Bonchev–Trinajstić information content (AvgIpc) is 3.31. The first kappa shape index (κ1) is 23.7. The summed E-state index contributed by atoms with van der Waals surface area (Å²) in [4.78, 5) is 40.4. The number of aromatic nitrogens is 3. The van der Waals surface area contributed by atoms with Crippen LogP contribution in [0.3, 0.4) is 0 Å². The molecule has 1 fully saturated rings. The van der Waals surface area contributed by atoms with Gasteiger partial charge in [0.15, 0.2) is 17.2 Å². The second-order valence-electron chi connectivity index (χ2n) is 9.58. The van der Waals surface area contributed by atoms with Crippen LogP contribution >= 0.6 is 0 Å². The first-order valence-electron chi connectivity index (χ1n) is 12.5. The lowest BCUT2D eigenvalue weighted by molar-refractivity contribution is -0.119. The number of anilines is 5. The van der Waals surface area contributed by atoms with Gasteiger partial charge in [-0.25, -0.2) is 14.2 Å². The smallest absolute Gasteiger partial charge is 0.408 e. The molecule has 1 amide bonds. The normalized spacial score (nSPS) is 17.9. The fourth-order valence-electron chi connectivity index (χ4n) is 5.42. The van der Waals surface area contributed by atoms with Gasteiger partial charge in [0.1, 0.15) is 17.2 Å². The summed E-state index contributed by atoms with van der Waals surface area (Å²) in [7, 11) is 0. The largest absolute Gasteiger partial charge is 0.417 e. The van der Waals surface area contributed by atoms with Gasteiger partial charge in [-0.1, -0.05) is 25.3 Å². The van der Waals surface area contributed by atoms with E-state index in [1.807, 2.05) is 6.92 Å². The molecule has 2 aromatic heterocycles. The third-order valence-electron chi connectivity index (χ3n) is 7.17. The summed E-state index contributed by atoms with van der Waals surface area (Å²) in [5, 5.41) is 12.4. The molecule has 6 rings (SSSR count). The van der Waals surface area contributed by atoms with Gasteiger partial charge in [0, 0.05) is 17.8 Å². The van der Waals surface area contributed by atoms with Crippen LogP contribution in [0.4, 0.5) is 33.2 Å². The third kappa shape index (κ3) is 4.04. The number of hydrogen-bond acceptors (Lipinski definition) is 8. The van der Waals surface area contributed by atoms with Crippen molar-refractivity contribution in [2.24, 2.45) is 0 Å². The molecule has 10 nitrogen and oxygen atoms in total. The molecule has 38 heavy (non-hydrogen) atoms. The highest BCUT2D eigenvalue weighted by molar-refractivity contribution is 6.10. The maximum Gasteiger partial charge on any atom is 0.417 e. The number of fused-ring (bicyclic) bond motifs is 2. The van der Waals surface area contributed by atoms with E-state index in [-0.39, 0.29) is 29.0 Å².